The summed E-state index contributed by atoms with van der Waals surface area (Å²) in [6.45, 7) is 4.93. The summed E-state index contributed by atoms with van der Waals surface area (Å²) < 4.78 is 14.4. The number of pyridine rings is 2. The van der Waals surface area contributed by atoms with Gasteiger partial charge in [0.2, 0.25) is 11.8 Å². The van der Waals surface area contributed by atoms with Crippen molar-refractivity contribution in [2.75, 3.05) is 18.9 Å². The Balaban J connectivity index is 0.000000193. The summed E-state index contributed by atoms with van der Waals surface area (Å²) in [5.41, 5.74) is 11.9. The number of hydrogen-bond donors (Lipinski definition) is 1. The Morgan fingerprint density at radius 2 is 1.26 bits per heavy atom. The molecule has 4 aromatic heterocycles. The maximum atomic E-state index is 11.0. The Morgan fingerprint density at radius 1 is 0.767 bits per heavy atom. The lowest BCUT2D eigenvalue weighted by atomic mass is 10.1. The first-order valence-electron chi connectivity index (χ1n) is 13.3. The second-order valence-electron chi connectivity index (χ2n) is 9.31. The zero-order valence-electron chi connectivity index (χ0n) is 23.7. The molecule has 222 valence electrons. The van der Waals surface area contributed by atoms with Crippen LogP contribution in [0.25, 0.3) is 44.3 Å². The first-order valence-corrected chi connectivity index (χ1v) is 13.3. The van der Waals surface area contributed by atoms with Gasteiger partial charge in [0, 0.05) is 78.3 Å². The molecule has 0 saturated carbocycles. The van der Waals surface area contributed by atoms with Gasteiger partial charge in [-0.2, -0.15) is 10.2 Å². The molecule has 0 aliphatic rings. The minimum Gasteiger partial charge on any atom is -0.478 e. The average Bonchev–Trinajstić information content (AvgIpc) is 3.49. The highest BCUT2D eigenvalue weighted by molar-refractivity contribution is 5.96. The fraction of sp³-hybridized carbons (Fsp3) is 0.226. The Hall–Kier alpha value is -5.52. The van der Waals surface area contributed by atoms with Crippen LogP contribution >= 0.6 is 0 Å². The normalized spacial score (nSPS) is 10.6. The van der Waals surface area contributed by atoms with E-state index in [1.165, 1.54) is 6.07 Å². The smallest absolute Gasteiger partial charge is 0.270 e. The second-order valence-corrected chi connectivity index (χ2v) is 9.31. The molecule has 0 aliphatic carbocycles. The van der Waals surface area contributed by atoms with Gasteiger partial charge in [0.25, 0.3) is 5.69 Å². The number of hydrogen-bond acceptors (Lipinski definition) is 9. The van der Waals surface area contributed by atoms with E-state index in [9.17, 15) is 10.1 Å². The topological polar surface area (TPSA) is 149 Å². The van der Waals surface area contributed by atoms with Crippen LogP contribution in [0, 0.1) is 10.1 Å². The number of nitrogen functional groups attached to an aromatic ring is 1. The van der Waals surface area contributed by atoms with Gasteiger partial charge in [-0.15, -0.1) is 0 Å². The van der Waals surface area contributed by atoms with E-state index >= 15 is 0 Å². The van der Waals surface area contributed by atoms with Gasteiger partial charge < -0.3 is 15.2 Å². The number of nitro groups is 1. The minimum atomic E-state index is -0.408. The summed E-state index contributed by atoms with van der Waals surface area (Å²) in [6.07, 6.45) is 3.37. The number of non-ortho nitro benzene ring substituents is 1. The van der Waals surface area contributed by atoms with E-state index in [1.54, 1.807) is 35.3 Å². The highest BCUT2D eigenvalue weighted by atomic mass is 16.6. The van der Waals surface area contributed by atoms with E-state index in [1.807, 2.05) is 69.0 Å². The van der Waals surface area contributed by atoms with Crippen molar-refractivity contribution in [1.29, 1.82) is 0 Å². The zero-order valence-corrected chi connectivity index (χ0v) is 23.7. The van der Waals surface area contributed by atoms with Crippen LogP contribution in [0.4, 0.5) is 11.4 Å². The molecule has 0 saturated heterocycles. The lowest BCUT2D eigenvalue weighted by Crippen LogP contribution is -1.94. The molecule has 4 heterocycles. The molecule has 6 rings (SSSR count). The van der Waals surface area contributed by atoms with Crippen LogP contribution in [0.3, 0.4) is 0 Å². The highest BCUT2D eigenvalue weighted by Crippen LogP contribution is 2.32. The summed E-state index contributed by atoms with van der Waals surface area (Å²) in [5, 5.41) is 21.8. The lowest BCUT2D eigenvalue weighted by molar-refractivity contribution is -0.384. The third kappa shape index (κ3) is 6.38. The SMILES string of the molecule is C.CCOc1cc(-c2nn(C)c3ccc(N)cc23)ccn1.CCOc1cc(-c2nn(C)c3ccc([N+](=O)[O-])cc23)ccn1. The van der Waals surface area contributed by atoms with Crippen molar-refractivity contribution in [2.45, 2.75) is 21.3 Å². The van der Waals surface area contributed by atoms with Crippen LogP contribution in [0.1, 0.15) is 21.3 Å². The van der Waals surface area contributed by atoms with Crippen molar-refractivity contribution in [3.63, 3.8) is 0 Å². The number of ether oxygens (including phenoxy) is 2. The second kappa shape index (κ2) is 13.0. The van der Waals surface area contributed by atoms with Crippen LogP contribution < -0.4 is 15.2 Å². The van der Waals surface area contributed by atoms with Crippen molar-refractivity contribution in [3.05, 3.63) is 83.2 Å². The predicted molar refractivity (Wildman–Crippen MR) is 168 cm³/mol. The largest absolute Gasteiger partial charge is 0.478 e. The molecule has 6 aromatic rings. The number of benzene rings is 2. The molecule has 0 radical (unpaired) electrons. The standard InChI is InChI=1S/C15H14N4O3.C15H16N4O.CH4/c1-3-22-14-8-10(6-7-16-14)15-12-9-11(19(20)21)4-5-13(12)18(2)17-15;1-3-20-14-8-10(6-7-17-14)15-12-9-11(16)4-5-13(12)19(2)18-15;/h4-9H,3H2,1-2H3;4-9H,3,16H2,1-2H3;1H4. The van der Waals surface area contributed by atoms with Gasteiger partial charge in [0.1, 0.15) is 11.4 Å². The van der Waals surface area contributed by atoms with E-state index in [4.69, 9.17) is 15.2 Å². The molecule has 43 heavy (non-hydrogen) atoms. The Morgan fingerprint density at radius 3 is 1.74 bits per heavy atom. The van der Waals surface area contributed by atoms with E-state index in [2.05, 4.69) is 20.2 Å². The summed E-state index contributed by atoms with van der Waals surface area (Å²) >= 11 is 0. The number of nitro benzene ring substituents is 1. The number of rotatable bonds is 7. The third-order valence-corrected chi connectivity index (χ3v) is 6.52. The fourth-order valence-electron chi connectivity index (χ4n) is 4.64. The van der Waals surface area contributed by atoms with Crippen molar-refractivity contribution in [2.24, 2.45) is 14.1 Å². The van der Waals surface area contributed by atoms with Gasteiger partial charge >= 0.3 is 0 Å². The molecule has 12 heteroatoms. The van der Waals surface area contributed by atoms with Crippen LogP contribution in [-0.2, 0) is 14.1 Å². The number of nitrogens with zero attached hydrogens (tertiary/aromatic N) is 7. The van der Waals surface area contributed by atoms with Crippen molar-refractivity contribution in [3.8, 4) is 34.3 Å². The Labute approximate surface area is 248 Å². The Kier molecular flexibility index (Phi) is 9.19. The van der Waals surface area contributed by atoms with E-state index in [0.717, 1.165) is 44.3 Å². The molecular formula is C31H34N8O4. The van der Waals surface area contributed by atoms with E-state index in [-0.39, 0.29) is 13.1 Å². The molecular weight excluding hydrogens is 548 g/mol. The predicted octanol–water partition coefficient (Wildman–Crippen LogP) is 6.19. The maximum Gasteiger partial charge on any atom is 0.270 e. The van der Waals surface area contributed by atoms with E-state index < -0.39 is 4.92 Å². The average molecular weight is 583 g/mol. The van der Waals surface area contributed by atoms with Crippen molar-refractivity contribution >= 4 is 33.2 Å². The number of anilines is 1. The molecule has 0 unspecified atom stereocenters. The minimum absolute atomic E-state index is 0. The monoisotopic (exact) mass is 582 g/mol. The lowest BCUT2D eigenvalue weighted by Gasteiger charge is -2.03. The fourth-order valence-corrected chi connectivity index (χ4v) is 4.64. The van der Waals surface area contributed by atoms with Gasteiger partial charge in [-0.3, -0.25) is 19.5 Å². The molecule has 0 fully saturated rings. The maximum absolute atomic E-state index is 11.0. The summed E-state index contributed by atoms with van der Waals surface area (Å²) in [7, 11) is 3.73. The quantitative estimate of drug-likeness (QED) is 0.132. The summed E-state index contributed by atoms with van der Waals surface area (Å²) in [4.78, 5) is 18.9. The zero-order chi connectivity index (χ0) is 29.8. The van der Waals surface area contributed by atoms with Gasteiger partial charge in [0.05, 0.1) is 29.2 Å². The molecule has 0 aliphatic heterocycles. The molecule has 0 spiro atoms. The highest BCUT2D eigenvalue weighted by Gasteiger charge is 2.16. The number of aromatic nitrogens is 6. The molecule has 0 atom stereocenters. The first-order chi connectivity index (χ1) is 20.3. The summed E-state index contributed by atoms with van der Waals surface area (Å²) in [5.74, 6) is 1.11. The van der Waals surface area contributed by atoms with Crippen molar-refractivity contribution in [1.82, 2.24) is 29.5 Å². The van der Waals surface area contributed by atoms with Crippen molar-refractivity contribution < 1.29 is 14.4 Å². The van der Waals surface area contributed by atoms with Gasteiger partial charge in [-0.1, -0.05) is 7.43 Å². The van der Waals surface area contributed by atoms with Crippen LogP contribution in [0.5, 0.6) is 11.8 Å². The van der Waals surface area contributed by atoms with Gasteiger partial charge in [-0.25, -0.2) is 9.97 Å². The molecule has 2 aromatic carbocycles. The molecule has 2 N–H and O–H groups in total. The van der Waals surface area contributed by atoms with Gasteiger partial charge in [-0.05, 0) is 50.2 Å². The van der Waals surface area contributed by atoms with E-state index in [0.29, 0.717) is 30.7 Å². The Bertz CT molecular complexity index is 1900. The molecule has 12 nitrogen and oxygen atoms in total. The van der Waals surface area contributed by atoms with Crippen LogP contribution in [-0.4, -0.2) is 47.7 Å². The van der Waals surface area contributed by atoms with Gasteiger partial charge in [0.15, 0.2) is 0 Å². The third-order valence-electron chi connectivity index (χ3n) is 6.52. The number of fused-ring (bicyclic) bond motifs is 2. The molecule has 0 bridgehead atoms. The first kappa shape index (κ1) is 30.4. The number of aryl methyl sites for hydroxylation is 2. The van der Waals surface area contributed by atoms with Crippen LogP contribution in [0.2, 0.25) is 0 Å². The number of nitrogens with two attached hydrogens (primary N) is 1. The summed E-state index contributed by atoms with van der Waals surface area (Å²) in [6, 6.07) is 17.9. The van der Waals surface area contributed by atoms with Crippen LogP contribution in [0.15, 0.2) is 73.1 Å². The molecule has 0 amide bonds.